The van der Waals surface area contributed by atoms with Crippen molar-refractivity contribution in [3.63, 3.8) is 0 Å². The van der Waals surface area contributed by atoms with Crippen molar-refractivity contribution in [2.75, 3.05) is 0 Å². The maximum Gasteiger partial charge on any atom is 0.332 e. The molecule has 0 amide bonds. The highest BCUT2D eigenvalue weighted by molar-refractivity contribution is 5.37. The lowest BCUT2D eigenvalue weighted by atomic mass is 10.00. The maximum absolute atomic E-state index is 12.2. The fourth-order valence-corrected chi connectivity index (χ4v) is 2.52. The van der Waals surface area contributed by atoms with Gasteiger partial charge in [0.1, 0.15) is 6.54 Å². The van der Waals surface area contributed by atoms with Gasteiger partial charge in [0.25, 0.3) is 5.56 Å². The second-order valence-electron chi connectivity index (χ2n) is 5.19. The van der Waals surface area contributed by atoms with E-state index in [2.05, 4.69) is 0 Å². The van der Waals surface area contributed by atoms with Gasteiger partial charge in [-0.05, 0) is 37.5 Å². The van der Waals surface area contributed by atoms with Crippen LogP contribution in [0.4, 0.5) is 0 Å². The SMILES string of the molecule is Cc1cc(C)c(Cn2c(=O)ccn(CC#N)c2=O)c(C)c1. The van der Waals surface area contributed by atoms with Gasteiger partial charge < -0.3 is 0 Å². The Labute approximate surface area is 122 Å². The van der Waals surface area contributed by atoms with E-state index in [1.54, 1.807) is 0 Å². The van der Waals surface area contributed by atoms with Gasteiger partial charge in [-0.2, -0.15) is 5.26 Å². The fraction of sp³-hybridized carbons (Fsp3) is 0.312. The summed E-state index contributed by atoms with van der Waals surface area (Å²) in [4.78, 5) is 24.2. The van der Waals surface area contributed by atoms with Crippen molar-refractivity contribution in [2.24, 2.45) is 0 Å². The molecule has 0 radical (unpaired) electrons. The van der Waals surface area contributed by atoms with E-state index < -0.39 is 5.69 Å². The molecule has 108 valence electrons. The maximum atomic E-state index is 12.2. The highest BCUT2D eigenvalue weighted by Crippen LogP contribution is 2.16. The van der Waals surface area contributed by atoms with Gasteiger partial charge >= 0.3 is 5.69 Å². The lowest BCUT2D eigenvalue weighted by Gasteiger charge is -2.13. The number of aryl methyl sites for hydroxylation is 3. The largest absolute Gasteiger partial charge is 0.332 e. The molecular weight excluding hydrogens is 266 g/mol. The number of nitrogens with zero attached hydrogens (tertiary/aromatic N) is 3. The number of hydrogen-bond acceptors (Lipinski definition) is 3. The van der Waals surface area contributed by atoms with E-state index >= 15 is 0 Å². The summed E-state index contributed by atoms with van der Waals surface area (Å²) in [5, 5.41) is 8.72. The van der Waals surface area contributed by atoms with Crippen molar-refractivity contribution in [1.82, 2.24) is 9.13 Å². The summed E-state index contributed by atoms with van der Waals surface area (Å²) in [6, 6.07) is 7.29. The molecule has 0 aliphatic rings. The second kappa shape index (κ2) is 5.80. The number of nitriles is 1. The molecule has 0 atom stereocenters. The summed E-state index contributed by atoms with van der Waals surface area (Å²) < 4.78 is 2.41. The van der Waals surface area contributed by atoms with Gasteiger partial charge in [0.2, 0.25) is 0 Å². The van der Waals surface area contributed by atoms with Gasteiger partial charge in [-0.1, -0.05) is 17.7 Å². The summed E-state index contributed by atoms with van der Waals surface area (Å²) in [5.74, 6) is 0. The number of hydrogen-bond donors (Lipinski definition) is 0. The highest BCUT2D eigenvalue weighted by Gasteiger charge is 2.10. The topological polar surface area (TPSA) is 67.8 Å². The van der Waals surface area contributed by atoms with E-state index in [9.17, 15) is 9.59 Å². The predicted molar refractivity (Wildman–Crippen MR) is 80.3 cm³/mol. The monoisotopic (exact) mass is 283 g/mol. The Morgan fingerprint density at radius 2 is 1.76 bits per heavy atom. The number of benzene rings is 1. The Balaban J connectivity index is 2.55. The van der Waals surface area contributed by atoms with Crippen LogP contribution in [0, 0.1) is 32.1 Å². The first-order valence-electron chi connectivity index (χ1n) is 6.68. The third-order valence-corrected chi connectivity index (χ3v) is 3.54. The molecule has 0 fully saturated rings. The molecule has 0 N–H and O–H groups in total. The van der Waals surface area contributed by atoms with Crippen LogP contribution in [-0.4, -0.2) is 9.13 Å². The first kappa shape index (κ1) is 14.8. The van der Waals surface area contributed by atoms with E-state index in [-0.39, 0.29) is 18.6 Å². The summed E-state index contributed by atoms with van der Waals surface area (Å²) in [6.45, 7) is 6.11. The van der Waals surface area contributed by atoms with Crippen molar-refractivity contribution in [1.29, 1.82) is 5.26 Å². The van der Waals surface area contributed by atoms with E-state index in [1.165, 1.54) is 21.4 Å². The molecule has 0 unspecified atom stereocenters. The Morgan fingerprint density at radius 1 is 1.14 bits per heavy atom. The van der Waals surface area contributed by atoms with Crippen LogP contribution in [0.15, 0.2) is 34.0 Å². The zero-order chi connectivity index (χ0) is 15.6. The van der Waals surface area contributed by atoms with E-state index in [0.717, 1.165) is 22.3 Å². The normalized spacial score (nSPS) is 10.4. The molecule has 0 spiro atoms. The molecule has 1 aromatic carbocycles. The van der Waals surface area contributed by atoms with Gasteiger partial charge in [0, 0.05) is 12.3 Å². The molecule has 21 heavy (non-hydrogen) atoms. The van der Waals surface area contributed by atoms with Crippen LogP contribution in [0.5, 0.6) is 0 Å². The van der Waals surface area contributed by atoms with Gasteiger partial charge in [-0.25, -0.2) is 4.79 Å². The quantitative estimate of drug-likeness (QED) is 0.857. The van der Waals surface area contributed by atoms with Crippen LogP contribution in [0.1, 0.15) is 22.3 Å². The molecule has 5 heteroatoms. The van der Waals surface area contributed by atoms with Crippen LogP contribution in [0.2, 0.25) is 0 Å². The molecule has 1 aromatic heterocycles. The zero-order valence-electron chi connectivity index (χ0n) is 12.4. The average Bonchev–Trinajstić information content (AvgIpc) is 2.40. The average molecular weight is 283 g/mol. The van der Waals surface area contributed by atoms with E-state index in [4.69, 9.17) is 5.26 Å². The Bertz CT molecular complexity index is 815. The smallest absolute Gasteiger partial charge is 0.287 e. The lowest BCUT2D eigenvalue weighted by molar-refractivity contribution is 0.618. The standard InChI is InChI=1S/C16H17N3O2/c1-11-8-12(2)14(13(3)9-11)10-19-15(20)4-6-18(7-5-17)16(19)21/h4,6,8-9H,7,10H2,1-3H3. The Kier molecular flexibility index (Phi) is 4.08. The van der Waals surface area contributed by atoms with Gasteiger partial charge in [-0.3, -0.25) is 13.9 Å². The van der Waals surface area contributed by atoms with Gasteiger partial charge in [0.05, 0.1) is 12.6 Å². The summed E-state index contributed by atoms with van der Waals surface area (Å²) in [5.41, 5.74) is 3.41. The van der Waals surface area contributed by atoms with Gasteiger partial charge in [0.15, 0.2) is 0 Å². The zero-order valence-corrected chi connectivity index (χ0v) is 12.4. The molecule has 0 bridgehead atoms. The van der Waals surface area contributed by atoms with E-state index in [1.807, 2.05) is 39.0 Å². The third kappa shape index (κ3) is 2.95. The Morgan fingerprint density at radius 3 is 2.33 bits per heavy atom. The minimum absolute atomic E-state index is 0.0645. The minimum Gasteiger partial charge on any atom is -0.287 e. The van der Waals surface area contributed by atoms with Crippen molar-refractivity contribution >= 4 is 0 Å². The fourth-order valence-electron chi connectivity index (χ4n) is 2.52. The van der Waals surface area contributed by atoms with Crippen molar-refractivity contribution in [2.45, 2.75) is 33.9 Å². The van der Waals surface area contributed by atoms with Crippen LogP contribution >= 0.6 is 0 Å². The molecule has 0 aliphatic carbocycles. The lowest BCUT2D eigenvalue weighted by Crippen LogP contribution is -2.39. The number of aromatic nitrogens is 2. The first-order chi connectivity index (χ1) is 9.93. The van der Waals surface area contributed by atoms with Crippen LogP contribution in [-0.2, 0) is 13.1 Å². The molecule has 2 rings (SSSR count). The summed E-state index contributed by atoms with van der Waals surface area (Å²) >= 11 is 0. The molecule has 0 aliphatic heterocycles. The minimum atomic E-state index is -0.455. The highest BCUT2D eigenvalue weighted by atomic mass is 16.2. The van der Waals surface area contributed by atoms with Gasteiger partial charge in [-0.15, -0.1) is 0 Å². The third-order valence-electron chi connectivity index (χ3n) is 3.54. The van der Waals surface area contributed by atoms with Crippen molar-refractivity contribution in [3.05, 3.63) is 67.5 Å². The van der Waals surface area contributed by atoms with Crippen LogP contribution in [0.3, 0.4) is 0 Å². The molecule has 5 nitrogen and oxygen atoms in total. The first-order valence-corrected chi connectivity index (χ1v) is 6.68. The van der Waals surface area contributed by atoms with Crippen molar-refractivity contribution < 1.29 is 0 Å². The van der Waals surface area contributed by atoms with E-state index in [0.29, 0.717) is 0 Å². The van der Waals surface area contributed by atoms with Crippen LogP contribution < -0.4 is 11.2 Å². The molecule has 0 saturated carbocycles. The molecule has 0 saturated heterocycles. The molecular formula is C16H17N3O2. The Hall–Kier alpha value is -2.61. The second-order valence-corrected chi connectivity index (χ2v) is 5.19. The van der Waals surface area contributed by atoms with Crippen molar-refractivity contribution in [3.8, 4) is 6.07 Å². The summed E-state index contributed by atoms with van der Waals surface area (Å²) in [7, 11) is 0. The summed E-state index contributed by atoms with van der Waals surface area (Å²) in [6.07, 6.45) is 1.36. The molecule has 1 heterocycles. The van der Waals surface area contributed by atoms with Crippen LogP contribution in [0.25, 0.3) is 0 Å². The number of rotatable bonds is 3. The predicted octanol–water partition coefficient (Wildman–Crippen LogP) is 1.51. The molecule has 2 aromatic rings.